The van der Waals surface area contributed by atoms with E-state index in [1.807, 2.05) is 18.7 Å². The quantitative estimate of drug-likeness (QED) is 0.462. The maximum absolute atomic E-state index is 14.8. The van der Waals surface area contributed by atoms with Gasteiger partial charge in [0, 0.05) is 12.6 Å². The van der Waals surface area contributed by atoms with Crippen LogP contribution in [-0.2, 0) is 0 Å². The Morgan fingerprint density at radius 3 is 2.71 bits per heavy atom. The van der Waals surface area contributed by atoms with E-state index in [1.54, 1.807) is 18.4 Å². The predicted molar refractivity (Wildman–Crippen MR) is 91.8 cm³/mol. The fourth-order valence-electron chi connectivity index (χ4n) is 2.81. The van der Waals surface area contributed by atoms with E-state index in [0.29, 0.717) is 29.9 Å². The number of ether oxygens (including phenoxy) is 1. The first-order valence-electron chi connectivity index (χ1n) is 7.82. The number of hydrogen-bond acceptors (Lipinski definition) is 5. The Morgan fingerprint density at radius 1 is 1.21 bits per heavy atom. The van der Waals surface area contributed by atoms with Crippen LogP contribution in [0.2, 0.25) is 0 Å². The lowest BCUT2D eigenvalue weighted by atomic mass is 10.0. The maximum atomic E-state index is 14.8. The van der Waals surface area contributed by atoms with E-state index in [9.17, 15) is 8.78 Å². The second-order valence-corrected chi connectivity index (χ2v) is 6.58. The van der Waals surface area contributed by atoms with Gasteiger partial charge in [0.2, 0.25) is 5.95 Å². The molecule has 4 nitrogen and oxygen atoms in total. The first-order chi connectivity index (χ1) is 11.5. The highest BCUT2D eigenvalue weighted by atomic mass is 32.2. The molecule has 0 aliphatic carbocycles. The van der Waals surface area contributed by atoms with Crippen LogP contribution in [0.4, 0.5) is 14.6 Å². The third-order valence-corrected chi connectivity index (χ3v) is 4.48. The van der Waals surface area contributed by atoms with E-state index in [2.05, 4.69) is 9.97 Å². The van der Waals surface area contributed by atoms with Crippen molar-refractivity contribution in [1.82, 2.24) is 9.97 Å². The summed E-state index contributed by atoms with van der Waals surface area (Å²) in [6, 6.07) is 4.59. The number of hydrogen-bond donors (Lipinski definition) is 0. The van der Waals surface area contributed by atoms with E-state index >= 15 is 0 Å². The molecule has 0 amide bonds. The second kappa shape index (κ2) is 6.93. The van der Waals surface area contributed by atoms with Gasteiger partial charge in [0.25, 0.3) is 0 Å². The highest BCUT2D eigenvalue weighted by molar-refractivity contribution is 7.98. The molecule has 0 unspecified atom stereocenters. The minimum Gasteiger partial charge on any atom is -0.493 e. The molecule has 0 radical (unpaired) electrons. The lowest BCUT2D eigenvalue weighted by Gasteiger charge is -2.29. The third kappa shape index (κ3) is 3.05. The van der Waals surface area contributed by atoms with Crippen molar-refractivity contribution in [2.75, 3.05) is 24.3 Å². The number of aromatic nitrogens is 2. The van der Waals surface area contributed by atoms with Gasteiger partial charge in [0.1, 0.15) is 17.4 Å². The minimum atomic E-state index is -0.730. The van der Waals surface area contributed by atoms with Gasteiger partial charge in [-0.1, -0.05) is 17.8 Å². The molecular weight excluding hydrogens is 332 g/mol. The van der Waals surface area contributed by atoms with Crippen molar-refractivity contribution in [3.8, 4) is 16.9 Å². The van der Waals surface area contributed by atoms with Crippen LogP contribution in [0.15, 0.2) is 23.4 Å². The number of halogens is 2. The highest BCUT2D eigenvalue weighted by Gasteiger charge is 2.28. The summed E-state index contributed by atoms with van der Waals surface area (Å²) in [6.45, 7) is 5.08. The summed E-state index contributed by atoms with van der Waals surface area (Å²) < 4.78 is 35.1. The Kier molecular flexibility index (Phi) is 4.89. The Labute approximate surface area is 144 Å². The van der Waals surface area contributed by atoms with Crippen LogP contribution in [0.3, 0.4) is 0 Å². The van der Waals surface area contributed by atoms with Crippen LogP contribution >= 0.6 is 11.8 Å². The maximum Gasteiger partial charge on any atom is 0.227 e. The van der Waals surface area contributed by atoms with Gasteiger partial charge in [0.05, 0.1) is 17.7 Å². The van der Waals surface area contributed by atoms with Crippen LogP contribution in [0.5, 0.6) is 5.75 Å². The second-order valence-electron chi connectivity index (χ2n) is 5.80. The zero-order valence-electron chi connectivity index (χ0n) is 13.8. The average molecular weight is 351 g/mol. The molecule has 3 rings (SSSR count). The molecule has 24 heavy (non-hydrogen) atoms. The Morgan fingerprint density at radius 2 is 2.00 bits per heavy atom. The van der Waals surface area contributed by atoms with E-state index in [1.165, 1.54) is 17.8 Å². The van der Waals surface area contributed by atoms with Gasteiger partial charge in [-0.15, -0.1) is 0 Å². The van der Waals surface area contributed by atoms with Crippen molar-refractivity contribution in [2.24, 2.45) is 0 Å². The molecular formula is C17H19F2N3OS. The molecule has 0 spiro atoms. The van der Waals surface area contributed by atoms with Crippen molar-refractivity contribution in [1.29, 1.82) is 0 Å². The summed E-state index contributed by atoms with van der Waals surface area (Å²) in [4.78, 5) is 10.3. The molecule has 1 aliphatic heterocycles. The molecule has 7 heteroatoms. The molecule has 0 saturated heterocycles. The van der Waals surface area contributed by atoms with Crippen molar-refractivity contribution in [2.45, 2.75) is 31.5 Å². The van der Waals surface area contributed by atoms with Crippen LogP contribution in [0.25, 0.3) is 11.1 Å². The van der Waals surface area contributed by atoms with Gasteiger partial charge in [-0.25, -0.2) is 9.37 Å². The summed E-state index contributed by atoms with van der Waals surface area (Å²) in [5.41, 5.74) is 0.154. The molecule has 0 fully saturated rings. The molecule has 0 N–H and O–H groups in total. The summed E-state index contributed by atoms with van der Waals surface area (Å²) >= 11 is 1.26. The molecule has 1 aliphatic rings. The molecule has 1 aromatic carbocycles. The van der Waals surface area contributed by atoms with Crippen molar-refractivity contribution < 1.29 is 13.5 Å². The third-order valence-electron chi connectivity index (χ3n) is 3.93. The van der Waals surface area contributed by atoms with E-state index < -0.39 is 11.8 Å². The van der Waals surface area contributed by atoms with Crippen molar-refractivity contribution in [3.63, 3.8) is 0 Å². The highest BCUT2D eigenvalue weighted by Crippen LogP contribution is 2.41. The van der Waals surface area contributed by atoms with Gasteiger partial charge in [0.15, 0.2) is 5.16 Å². The number of rotatable bonds is 2. The van der Waals surface area contributed by atoms with Crippen LogP contribution in [0.1, 0.15) is 20.3 Å². The van der Waals surface area contributed by atoms with Crippen molar-refractivity contribution >= 4 is 17.6 Å². The summed E-state index contributed by atoms with van der Waals surface area (Å²) in [7, 11) is 0. The zero-order chi connectivity index (χ0) is 17.3. The normalized spacial score (nSPS) is 14.3. The number of benzene rings is 1. The molecule has 128 valence electrons. The topological polar surface area (TPSA) is 38.2 Å². The minimum absolute atomic E-state index is 0.0662. The number of fused-ring (bicyclic) bond motifs is 3. The Balaban J connectivity index is 2.34. The van der Waals surface area contributed by atoms with Gasteiger partial charge in [-0.2, -0.15) is 9.37 Å². The molecule has 2 aromatic rings. The van der Waals surface area contributed by atoms with Crippen LogP contribution in [-0.4, -0.2) is 35.4 Å². The first-order valence-corrected chi connectivity index (χ1v) is 9.05. The number of thioether (sulfide) groups is 1. The summed E-state index contributed by atoms with van der Waals surface area (Å²) in [5, 5.41) is 0.329. The summed E-state index contributed by atoms with van der Waals surface area (Å²) in [6.07, 6.45) is 2.52. The molecule has 0 atom stereocenters. The van der Waals surface area contributed by atoms with Crippen molar-refractivity contribution in [3.05, 3.63) is 30.0 Å². The predicted octanol–water partition coefficient (Wildman–Crippen LogP) is 4.14. The van der Waals surface area contributed by atoms with Gasteiger partial charge in [-0.3, -0.25) is 0 Å². The Hall–Kier alpha value is -1.89. The standard InChI is InChI=1S/C17H19F2N3OS/c1-10(2)22-8-5-9-23-12-7-4-6-11(18)13(12)14-15(19)20-17(24-3)21-16(14)22/h4,6-7,10H,5,8-9H2,1-3H3. The van der Waals surface area contributed by atoms with Crippen LogP contribution < -0.4 is 9.64 Å². The zero-order valence-corrected chi connectivity index (χ0v) is 14.7. The SMILES string of the molecule is CSc1nc(F)c2c(n1)N(C(C)C)CCCOc1cccc(F)c1-2. The van der Waals surface area contributed by atoms with E-state index in [4.69, 9.17) is 4.74 Å². The smallest absolute Gasteiger partial charge is 0.227 e. The fraction of sp³-hybridized carbons (Fsp3) is 0.412. The van der Waals surface area contributed by atoms with E-state index in [-0.39, 0.29) is 17.2 Å². The number of anilines is 1. The van der Waals surface area contributed by atoms with E-state index in [0.717, 1.165) is 6.42 Å². The summed E-state index contributed by atoms with van der Waals surface area (Å²) in [5.74, 6) is -0.537. The largest absolute Gasteiger partial charge is 0.493 e. The first kappa shape index (κ1) is 17.0. The van der Waals surface area contributed by atoms with Gasteiger partial charge >= 0.3 is 0 Å². The molecule has 1 aromatic heterocycles. The Bertz CT molecular complexity index is 755. The lowest BCUT2D eigenvalue weighted by molar-refractivity contribution is 0.311. The van der Waals surface area contributed by atoms with Gasteiger partial charge in [-0.05, 0) is 38.7 Å². The van der Waals surface area contributed by atoms with Crippen LogP contribution in [0, 0.1) is 11.8 Å². The van der Waals surface area contributed by atoms with Gasteiger partial charge < -0.3 is 9.64 Å². The fourth-order valence-corrected chi connectivity index (χ4v) is 3.16. The monoisotopic (exact) mass is 351 g/mol. The lowest BCUT2D eigenvalue weighted by Crippen LogP contribution is -2.34. The average Bonchev–Trinajstić information content (AvgIpc) is 2.62. The molecule has 2 heterocycles. The molecule has 0 saturated carbocycles. The molecule has 0 bridgehead atoms. The number of nitrogens with zero attached hydrogens (tertiary/aromatic N) is 3.